The van der Waals surface area contributed by atoms with Crippen LogP contribution in [0.2, 0.25) is 0 Å². The lowest BCUT2D eigenvalue weighted by Crippen LogP contribution is -2.34. The number of methoxy groups -OCH3 is 1. The summed E-state index contributed by atoms with van der Waals surface area (Å²) in [6.07, 6.45) is 5.35. The molecule has 3 aromatic rings. The highest BCUT2D eigenvalue weighted by molar-refractivity contribution is 5.95. The zero-order valence-electron chi connectivity index (χ0n) is 19.2. The van der Waals surface area contributed by atoms with Gasteiger partial charge < -0.3 is 14.2 Å². The molecule has 0 aliphatic carbocycles. The van der Waals surface area contributed by atoms with Gasteiger partial charge in [-0.2, -0.15) is 0 Å². The molecule has 0 saturated heterocycles. The van der Waals surface area contributed by atoms with Crippen LogP contribution >= 0.6 is 0 Å². The Balaban J connectivity index is 2.03. The molecule has 1 amide bonds. The molecule has 172 valence electrons. The smallest absolute Gasteiger partial charge is 0.420 e. The fourth-order valence-electron chi connectivity index (χ4n) is 2.88. The Morgan fingerprint density at radius 1 is 1.00 bits per heavy atom. The number of anilines is 2. The van der Waals surface area contributed by atoms with E-state index in [4.69, 9.17) is 14.2 Å². The molecule has 0 fully saturated rings. The number of rotatable bonds is 6. The van der Waals surface area contributed by atoms with Crippen LogP contribution < -0.4 is 9.64 Å². The highest BCUT2D eigenvalue weighted by Crippen LogP contribution is 2.29. The Labute approximate surface area is 192 Å². The zero-order chi connectivity index (χ0) is 24.0. The molecule has 0 atom stereocenters. The van der Waals surface area contributed by atoms with Gasteiger partial charge in [0.05, 0.1) is 43.1 Å². The Hall–Kier alpha value is -4.01. The summed E-state index contributed by atoms with van der Waals surface area (Å²) in [5, 5.41) is 0. The zero-order valence-corrected chi connectivity index (χ0v) is 19.2. The van der Waals surface area contributed by atoms with Gasteiger partial charge >= 0.3 is 12.1 Å². The quantitative estimate of drug-likeness (QED) is 0.494. The summed E-state index contributed by atoms with van der Waals surface area (Å²) in [6, 6.07) is 8.53. The molecule has 1 aromatic carbocycles. The first kappa shape index (κ1) is 23.6. The number of nitrogens with zero attached hydrogens (tertiary/aromatic N) is 4. The molecule has 0 radical (unpaired) electrons. The molecule has 2 aromatic heterocycles. The molecule has 9 nitrogen and oxygen atoms in total. The number of carbonyl (C=O) groups excluding carboxylic acids is 2. The fraction of sp³-hybridized carbons (Fsp3) is 0.292. The van der Waals surface area contributed by atoms with Crippen LogP contribution in [0.3, 0.4) is 0 Å². The Kier molecular flexibility index (Phi) is 7.22. The molecule has 0 bridgehead atoms. The second kappa shape index (κ2) is 10.1. The SMILES string of the molecule is CCOC(=O)c1cncc(-c2cncc(N(C(=O)OC(C)(C)C)c3ccc(OC)cc3)n2)c1. The van der Waals surface area contributed by atoms with Crippen LogP contribution in [0.25, 0.3) is 11.3 Å². The standard InChI is InChI=1S/C24H26N4O5/c1-6-32-22(29)17-11-16(12-25-13-17)20-14-26-15-21(27-20)28(23(30)33-24(2,3)4)18-7-9-19(31-5)10-8-18/h7-15H,6H2,1-5H3. The van der Waals surface area contributed by atoms with Crippen molar-refractivity contribution in [1.29, 1.82) is 0 Å². The Morgan fingerprint density at radius 3 is 2.33 bits per heavy atom. The van der Waals surface area contributed by atoms with Crippen LogP contribution in [0.5, 0.6) is 5.75 Å². The molecule has 0 unspecified atom stereocenters. The number of carbonyl (C=O) groups is 2. The molecule has 2 heterocycles. The summed E-state index contributed by atoms with van der Waals surface area (Å²) in [6.45, 7) is 7.34. The van der Waals surface area contributed by atoms with Crippen molar-refractivity contribution in [3.63, 3.8) is 0 Å². The molecule has 0 aliphatic rings. The lowest BCUT2D eigenvalue weighted by Gasteiger charge is -2.27. The van der Waals surface area contributed by atoms with Gasteiger partial charge in [-0.1, -0.05) is 0 Å². The van der Waals surface area contributed by atoms with Crippen molar-refractivity contribution in [2.45, 2.75) is 33.3 Å². The van der Waals surface area contributed by atoms with Crippen LogP contribution in [0, 0.1) is 0 Å². The molecule has 33 heavy (non-hydrogen) atoms. The van der Waals surface area contributed by atoms with Crippen molar-refractivity contribution in [3.05, 3.63) is 60.7 Å². The lowest BCUT2D eigenvalue weighted by molar-refractivity contribution is 0.0524. The van der Waals surface area contributed by atoms with Crippen molar-refractivity contribution in [2.75, 3.05) is 18.6 Å². The first-order valence-electron chi connectivity index (χ1n) is 10.3. The number of ether oxygens (including phenoxy) is 3. The topological polar surface area (TPSA) is 104 Å². The molecule has 9 heteroatoms. The van der Waals surface area contributed by atoms with Gasteiger partial charge in [0.2, 0.25) is 0 Å². The maximum Gasteiger partial charge on any atom is 0.420 e. The van der Waals surface area contributed by atoms with Gasteiger partial charge in [-0.15, -0.1) is 0 Å². The second-order valence-electron chi connectivity index (χ2n) is 7.96. The normalized spacial score (nSPS) is 10.9. The van der Waals surface area contributed by atoms with Gasteiger partial charge in [-0.05, 0) is 58.0 Å². The maximum atomic E-state index is 13.1. The van der Waals surface area contributed by atoms with Gasteiger partial charge in [0.1, 0.15) is 11.4 Å². The number of aromatic nitrogens is 3. The average Bonchev–Trinajstić information content (AvgIpc) is 2.79. The van der Waals surface area contributed by atoms with Gasteiger partial charge in [0.15, 0.2) is 5.82 Å². The first-order chi connectivity index (χ1) is 15.7. The summed E-state index contributed by atoms with van der Waals surface area (Å²) in [5.41, 5.74) is 1.07. The molecule has 0 saturated carbocycles. The minimum Gasteiger partial charge on any atom is -0.497 e. The van der Waals surface area contributed by atoms with Crippen molar-refractivity contribution in [2.24, 2.45) is 0 Å². The third kappa shape index (κ3) is 6.03. The fourth-order valence-corrected chi connectivity index (χ4v) is 2.88. The summed E-state index contributed by atoms with van der Waals surface area (Å²) in [5.74, 6) is 0.405. The van der Waals surface area contributed by atoms with E-state index in [0.29, 0.717) is 28.3 Å². The van der Waals surface area contributed by atoms with Crippen LogP contribution in [0.4, 0.5) is 16.3 Å². The second-order valence-corrected chi connectivity index (χ2v) is 7.96. The number of pyridine rings is 1. The summed E-state index contributed by atoms with van der Waals surface area (Å²) >= 11 is 0. The monoisotopic (exact) mass is 450 g/mol. The highest BCUT2D eigenvalue weighted by Gasteiger charge is 2.26. The molecule has 0 spiro atoms. The van der Waals surface area contributed by atoms with E-state index in [1.165, 1.54) is 23.5 Å². The predicted molar refractivity (Wildman–Crippen MR) is 123 cm³/mol. The summed E-state index contributed by atoms with van der Waals surface area (Å²) in [7, 11) is 1.56. The molecule has 3 rings (SSSR count). The third-order valence-electron chi connectivity index (χ3n) is 4.30. The largest absolute Gasteiger partial charge is 0.497 e. The highest BCUT2D eigenvalue weighted by atomic mass is 16.6. The minimum atomic E-state index is -0.718. The van der Waals surface area contributed by atoms with Crippen molar-refractivity contribution in [1.82, 2.24) is 15.0 Å². The van der Waals surface area contributed by atoms with Crippen molar-refractivity contribution >= 4 is 23.6 Å². The maximum absolute atomic E-state index is 13.1. The Morgan fingerprint density at radius 2 is 1.70 bits per heavy atom. The molecular formula is C24H26N4O5. The van der Waals surface area contributed by atoms with E-state index in [9.17, 15) is 9.59 Å². The van der Waals surface area contributed by atoms with Crippen molar-refractivity contribution in [3.8, 4) is 17.0 Å². The average molecular weight is 450 g/mol. The minimum absolute atomic E-state index is 0.244. The van der Waals surface area contributed by atoms with Gasteiger partial charge in [0, 0.05) is 18.0 Å². The van der Waals surface area contributed by atoms with E-state index < -0.39 is 17.7 Å². The van der Waals surface area contributed by atoms with Crippen LogP contribution in [0.1, 0.15) is 38.1 Å². The van der Waals surface area contributed by atoms with Crippen molar-refractivity contribution < 1.29 is 23.8 Å². The number of benzene rings is 1. The van der Waals surface area contributed by atoms with Crippen LogP contribution in [0.15, 0.2) is 55.1 Å². The van der Waals surface area contributed by atoms with Gasteiger partial charge in [0.25, 0.3) is 0 Å². The van der Waals surface area contributed by atoms with E-state index in [-0.39, 0.29) is 12.4 Å². The summed E-state index contributed by atoms with van der Waals surface area (Å²) in [4.78, 5) is 39.5. The van der Waals surface area contributed by atoms with Crippen LogP contribution in [-0.4, -0.2) is 46.3 Å². The first-order valence-corrected chi connectivity index (χ1v) is 10.3. The Bertz CT molecular complexity index is 1130. The van der Waals surface area contributed by atoms with Crippen LogP contribution in [-0.2, 0) is 9.47 Å². The van der Waals surface area contributed by atoms with Gasteiger partial charge in [-0.3, -0.25) is 9.97 Å². The van der Waals surface area contributed by atoms with E-state index in [1.807, 2.05) is 0 Å². The molecule has 0 N–H and O–H groups in total. The van der Waals surface area contributed by atoms with E-state index in [0.717, 1.165) is 0 Å². The number of hydrogen-bond acceptors (Lipinski definition) is 8. The van der Waals surface area contributed by atoms with E-state index in [2.05, 4.69) is 15.0 Å². The van der Waals surface area contributed by atoms with E-state index in [1.54, 1.807) is 71.3 Å². The molecular weight excluding hydrogens is 424 g/mol. The third-order valence-corrected chi connectivity index (χ3v) is 4.30. The number of amides is 1. The predicted octanol–water partition coefficient (Wildman–Crippen LogP) is 4.80. The summed E-state index contributed by atoms with van der Waals surface area (Å²) < 4.78 is 15.9. The lowest BCUT2D eigenvalue weighted by atomic mass is 10.1. The molecule has 0 aliphatic heterocycles. The number of hydrogen-bond donors (Lipinski definition) is 0. The van der Waals surface area contributed by atoms with E-state index >= 15 is 0 Å². The van der Waals surface area contributed by atoms with Gasteiger partial charge in [-0.25, -0.2) is 19.5 Å². The number of esters is 1.